The summed E-state index contributed by atoms with van der Waals surface area (Å²) in [5.41, 5.74) is 5.65. The third-order valence-electron chi connectivity index (χ3n) is 14.7. The first-order valence-corrected chi connectivity index (χ1v) is 27.2. The van der Waals surface area contributed by atoms with E-state index in [0.29, 0.717) is 81.4 Å². The summed E-state index contributed by atoms with van der Waals surface area (Å²) in [5.74, 6) is 4.74. The number of piperidine rings is 2. The molecule has 2 aliphatic carbocycles. The van der Waals surface area contributed by atoms with Gasteiger partial charge in [0, 0.05) is 75.7 Å². The minimum atomic E-state index is -0.573. The van der Waals surface area contributed by atoms with Crippen molar-refractivity contribution >= 4 is 81.6 Å². The fraction of sp³-hybridized carbons (Fsp3) is 0.537. The molecule has 8 N–H and O–H groups in total. The second-order valence-corrected chi connectivity index (χ2v) is 22.7. The highest BCUT2D eigenvalue weighted by Crippen LogP contribution is 2.55. The van der Waals surface area contributed by atoms with Crippen LogP contribution in [0.2, 0.25) is 10.3 Å². The molecular weight excluding hydrogens is 1060 g/mol. The second kappa shape index (κ2) is 25.1. The van der Waals surface area contributed by atoms with E-state index in [1.165, 1.54) is 39.0 Å². The van der Waals surface area contributed by atoms with Crippen molar-refractivity contribution in [1.29, 1.82) is 0 Å². The number of aromatic nitrogens is 7. The summed E-state index contributed by atoms with van der Waals surface area (Å²) in [7, 11) is 4.66. The summed E-state index contributed by atoms with van der Waals surface area (Å²) in [4.78, 5) is 64.1. The maximum Gasteiger partial charge on any atom is 0.279 e. The number of hydrogen-bond acceptors (Lipinski definition) is 21. The number of aliphatic hydroxyl groups excluding tert-OH is 2. The first kappa shape index (κ1) is 58.4. The molecule has 0 atom stereocenters. The van der Waals surface area contributed by atoms with Gasteiger partial charge in [-0.2, -0.15) is 0 Å². The highest BCUT2D eigenvalue weighted by molar-refractivity contribution is 6.30. The maximum absolute atomic E-state index is 13.5. The maximum atomic E-state index is 13.5. The molecule has 5 aromatic rings. The summed E-state index contributed by atoms with van der Waals surface area (Å²) in [6.45, 7) is 13.4. The summed E-state index contributed by atoms with van der Waals surface area (Å²) < 4.78 is 21.0. The monoisotopic (exact) mass is 1130 g/mol. The molecule has 0 bridgehead atoms. The van der Waals surface area contributed by atoms with Crippen LogP contribution in [0.1, 0.15) is 100 Å². The van der Waals surface area contributed by atoms with Gasteiger partial charge in [0.05, 0.1) is 71.2 Å². The predicted octanol–water partition coefficient (Wildman–Crippen LogP) is 7.21. The van der Waals surface area contributed by atoms with Crippen molar-refractivity contribution in [2.24, 2.45) is 10.8 Å². The van der Waals surface area contributed by atoms with Crippen molar-refractivity contribution in [3.05, 3.63) is 70.5 Å². The predicted molar refractivity (Wildman–Crippen MR) is 306 cm³/mol. The first-order chi connectivity index (χ1) is 37.7. The molecule has 2 spiro atoms. The van der Waals surface area contributed by atoms with Crippen LogP contribution in [0.25, 0.3) is 0 Å². The number of morpholine rings is 1. The first-order valence-electron chi connectivity index (χ1n) is 26.5. The smallest absolute Gasteiger partial charge is 0.279 e. The molecule has 0 aromatic carbocycles. The number of nitrogens with zero attached hydrogens (tertiary/aromatic N) is 10. The Morgan fingerprint density at radius 2 is 1.00 bits per heavy atom. The number of pyridine rings is 3. The number of nitrogens with one attached hydrogen (secondary N) is 4. The summed E-state index contributed by atoms with van der Waals surface area (Å²) >= 11 is 11.6. The van der Waals surface area contributed by atoms with Gasteiger partial charge in [-0.3, -0.25) is 9.59 Å². The molecule has 79 heavy (non-hydrogen) atoms. The molecule has 2 saturated carbocycles. The van der Waals surface area contributed by atoms with Gasteiger partial charge in [-0.05, 0) is 89.9 Å². The van der Waals surface area contributed by atoms with E-state index in [4.69, 9.17) is 57.9 Å². The molecule has 3 saturated heterocycles. The van der Waals surface area contributed by atoms with Crippen molar-refractivity contribution in [2.75, 3.05) is 129 Å². The molecule has 25 heteroatoms. The fourth-order valence-corrected chi connectivity index (χ4v) is 9.80. The third kappa shape index (κ3) is 15.7. The number of methoxy groups -OCH3 is 3. The Labute approximate surface area is 470 Å². The van der Waals surface area contributed by atoms with Crippen molar-refractivity contribution in [3.63, 3.8) is 0 Å². The van der Waals surface area contributed by atoms with Crippen LogP contribution in [0.15, 0.2) is 48.8 Å². The van der Waals surface area contributed by atoms with E-state index < -0.39 is 17.0 Å². The number of amides is 2. The molecule has 0 radical (unpaired) electrons. The van der Waals surface area contributed by atoms with Crippen molar-refractivity contribution in [3.8, 4) is 17.2 Å². The molecule has 23 nitrogen and oxygen atoms in total. The quantitative estimate of drug-likeness (QED) is 0.0481. The van der Waals surface area contributed by atoms with E-state index in [1.807, 2.05) is 33.8 Å². The van der Waals surface area contributed by atoms with Gasteiger partial charge < -0.3 is 70.9 Å². The summed E-state index contributed by atoms with van der Waals surface area (Å²) in [6.07, 6.45) is 12.6. The Hall–Kier alpha value is -6.79. The number of nitrogen functional groups attached to an aromatic ring is 1. The Kier molecular flexibility index (Phi) is 18.6. The topological polar surface area (TPSA) is 286 Å². The highest BCUT2D eigenvalue weighted by Gasteiger charge is 2.46. The lowest BCUT2D eigenvalue weighted by Crippen LogP contribution is -2.38. The van der Waals surface area contributed by atoms with Gasteiger partial charge in [0.2, 0.25) is 0 Å². The zero-order chi connectivity index (χ0) is 56.5. The fourth-order valence-electron chi connectivity index (χ4n) is 9.40. The van der Waals surface area contributed by atoms with E-state index >= 15 is 0 Å². The Morgan fingerprint density at radius 3 is 1.42 bits per heavy atom. The molecule has 0 unspecified atom stereocenters. The number of rotatable bonds is 16. The average molecular weight is 1130 g/mol. The Bertz CT molecular complexity index is 2900. The number of halogens is 2. The Balaban J connectivity index is 0.000000178. The minimum absolute atomic E-state index is 0.0640. The van der Waals surface area contributed by atoms with Gasteiger partial charge in [-0.25, -0.2) is 34.9 Å². The third-order valence-corrected chi connectivity index (χ3v) is 15.1. The molecule has 5 aliphatic rings. The van der Waals surface area contributed by atoms with Crippen LogP contribution >= 0.6 is 23.2 Å². The van der Waals surface area contributed by atoms with E-state index in [-0.39, 0.29) is 41.5 Å². The highest BCUT2D eigenvalue weighted by atomic mass is 35.5. The normalized spacial score (nSPS) is 17.1. The van der Waals surface area contributed by atoms with E-state index in [1.54, 1.807) is 50.7 Å². The summed E-state index contributed by atoms with van der Waals surface area (Å²) in [6, 6.07) is 9.91. The number of ether oxygens (including phenoxy) is 4. The average Bonchev–Trinajstić information content (AvgIpc) is 4.47. The molecule has 5 aromatic heterocycles. The molecule has 3 aliphatic heterocycles. The van der Waals surface area contributed by atoms with Crippen LogP contribution in [0.4, 0.5) is 46.5 Å². The van der Waals surface area contributed by atoms with Gasteiger partial charge in [0.25, 0.3) is 11.8 Å². The van der Waals surface area contributed by atoms with Crippen LogP contribution in [0, 0.1) is 10.8 Å². The number of nitrogens with two attached hydrogens (primary N) is 1. The Morgan fingerprint density at radius 1 is 0.582 bits per heavy atom. The van der Waals surface area contributed by atoms with Crippen LogP contribution in [-0.4, -0.2) is 155 Å². The van der Waals surface area contributed by atoms with Crippen molar-refractivity contribution < 1.29 is 38.7 Å². The van der Waals surface area contributed by atoms with E-state index in [2.05, 4.69) is 60.9 Å². The largest absolute Gasteiger partial charge is 0.497 e. The molecule has 426 valence electrons. The number of aliphatic hydroxyl groups is 2. The van der Waals surface area contributed by atoms with E-state index in [9.17, 15) is 19.8 Å². The van der Waals surface area contributed by atoms with Gasteiger partial charge in [0.1, 0.15) is 62.5 Å². The molecule has 8 heterocycles. The zero-order valence-electron chi connectivity index (χ0n) is 46.0. The van der Waals surface area contributed by atoms with Crippen LogP contribution in [-0.2, 0) is 4.74 Å². The van der Waals surface area contributed by atoms with Gasteiger partial charge in [-0.1, -0.05) is 23.2 Å². The zero-order valence-corrected chi connectivity index (χ0v) is 47.5. The number of carbonyl (C=O) groups excluding carboxylic acids is 2. The number of hydrogen-bond donors (Lipinski definition) is 7. The molecule has 5 fully saturated rings. The summed E-state index contributed by atoms with van der Waals surface area (Å²) in [5, 5.41) is 31.9. The minimum Gasteiger partial charge on any atom is -0.497 e. The molecule has 10 rings (SSSR count). The lowest BCUT2D eigenvalue weighted by atomic mass is 9.93. The van der Waals surface area contributed by atoms with Crippen molar-refractivity contribution in [1.82, 2.24) is 34.9 Å². The SMILES string of the molecule is COc1cc(Cl)nc(NC(=O)c2ncc(NC(C)(C)CO)nc2N2CCC3(CC2)CC3)c1.COc1cc(N)nc(Cl)c1.COc1cc(NC(=O)c2ncc(NC(C)(C)CO)nc2N2CCC3(CC2)CC3)nc(N2CCOCC2)c1. The standard InChI is InChI=1S/C26H37N7O4.C22H29ClN6O3.C6H7ClN2O/c1-25(2,17-34)31-20-16-27-22(23(29-20)33-8-6-26(4-5-26)7-9-33)24(35)30-19-14-18(36-3)15-21(28-19)32-10-12-37-13-11-32;1-21(2,13-30)28-17-12-24-18(19(26-17)29-8-6-22(4-5-22)7-9-29)20(31)27-16-11-14(32-3)10-15(23)25-16;1-10-4-2-5(7)9-6(8)3-4/h14-16,34H,4-13,17H2,1-3H3,(H,29,31)(H,28,30,35);10-12,30H,4-9,13H2,1-3H3,(H,26,28)(H,25,27,31);2-3H,1H3,(H2,8,9). The lowest BCUT2D eigenvalue weighted by Gasteiger charge is -2.34. The van der Waals surface area contributed by atoms with Crippen LogP contribution in [0.3, 0.4) is 0 Å². The number of anilines is 8. The number of carbonyl (C=O) groups is 2. The van der Waals surface area contributed by atoms with Gasteiger partial charge in [0.15, 0.2) is 23.0 Å². The second-order valence-electron chi connectivity index (χ2n) is 21.9. The lowest BCUT2D eigenvalue weighted by molar-refractivity contribution is 0.101. The van der Waals surface area contributed by atoms with Crippen LogP contribution in [0.5, 0.6) is 17.2 Å². The molecule has 2 amide bonds. The van der Waals surface area contributed by atoms with Crippen LogP contribution < -0.4 is 55.9 Å². The van der Waals surface area contributed by atoms with Gasteiger partial charge in [-0.15, -0.1) is 0 Å². The van der Waals surface area contributed by atoms with Crippen molar-refractivity contribution in [2.45, 2.75) is 90.1 Å². The van der Waals surface area contributed by atoms with Gasteiger partial charge >= 0.3 is 0 Å². The van der Waals surface area contributed by atoms with E-state index in [0.717, 1.165) is 70.8 Å². The molecular formula is C54H73Cl2N15O8.